The van der Waals surface area contributed by atoms with Gasteiger partial charge in [0.1, 0.15) is 5.78 Å². The maximum absolute atomic E-state index is 12.2. The zero-order valence-corrected chi connectivity index (χ0v) is 11.2. The van der Waals surface area contributed by atoms with Gasteiger partial charge >= 0.3 is 0 Å². The summed E-state index contributed by atoms with van der Waals surface area (Å²) in [5.41, 5.74) is -1.06. The predicted molar refractivity (Wildman–Crippen MR) is 64.2 cm³/mol. The van der Waals surface area contributed by atoms with Crippen molar-refractivity contribution in [3.8, 4) is 0 Å². The summed E-state index contributed by atoms with van der Waals surface area (Å²) < 4.78 is 31.6. The van der Waals surface area contributed by atoms with Gasteiger partial charge in [0, 0.05) is 6.42 Å². The molecule has 2 rings (SSSR count). The fourth-order valence-corrected chi connectivity index (χ4v) is 5.47. The molecule has 4 nitrogen and oxygen atoms in total. The molecule has 0 radical (unpaired) electrons. The van der Waals surface area contributed by atoms with Crippen LogP contribution in [0.4, 0.5) is 0 Å². The Bertz CT molecular complexity index is 441. The molecule has 2 aliphatic rings. The molecule has 17 heavy (non-hydrogen) atoms. The zero-order chi connectivity index (χ0) is 12.9. The normalized spacial score (nSPS) is 41.1. The maximum atomic E-state index is 12.2. The van der Waals surface area contributed by atoms with E-state index < -0.39 is 15.5 Å². The Morgan fingerprint density at radius 1 is 1.47 bits per heavy atom. The van der Waals surface area contributed by atoms with Crippen molar-refractivity contribution >= 4 is 15.9 Å². The van der Waals surface area contributed by atoms with Crippen molar-refractivity contribution in [2.24, 2.45) is 16.7 Å². The average molecular weight is 260 g/mol. The van der Waals surface area contributed by atoms with E-state index in [4.69, 9.17) is 4.55 Å². The molecule has 0 saturated heterocycles. The van der Waals surface area contributed by atoms with Gasteiger partial charge in [0.25, 0.3) is 10.1 Å². The molecule has 3 atom stereocenters. The standard InChI is InChI=1S/C12H20O4S/c1-3-5-11(2)9-4-6-12(11,10(13)7-9)8-17(14,15)16/h9H,3-8H2,1-2H3,(H,14,15,16). The number of carbonyl (C=O) groups is 1. The monoisotopic (exact) mass is 260 g/mol. The summed E-state index contributed by atoms with van der Waals surface area (Å²) in [7, 11) is -4.09. The zero-order valence-electron chi connectivity index (χ0n) is 10.4. The van der Waals surface area contributed by atoms with E-state index >= 15 is 0 Å². The van der Waals surface area contributed by atoms with E-state index in [9.17, 15) is 13.2 Å². The molecule has 2 fully saturated rings. The molecule has 3 unspecified atom stereocenters. The minimum atomic E-state index is -4.09. The molecule has 5 heteroatoms. The molecule has 0 spiro atoms. The molecule has 0 aromatic carbocycles. The third-order valence-corrected chi connectivity index (χ3v) is 5.94. The van der Waals surface area contributed by atoms with E-state index in [1.807, 2.05) is 6.92 Å². The van der Waals surface area contributed by atoms with Crippen LogP contribution >= 0.6 is 0 Å². The van der Waals surface area contributed by atoms with Crippen molar-refractivity contribution in [2.75, 3.05) is 5.75 Å². The molecule has 0 amide bonds. The number of fused-ring (bicyclic) bond motifs is 2. The van der Waals surface area contributed by atoms with E-state index in [1.54, 1.807) is 0 Å². The quantitative estimate of drug-likeness (QED) is 0.785. The van der Waals surface area contributed by atoms with Crippen LogP contribution in [-0.4, -0.2) is 24.5 Å². The van der Waals surface area contributed by atoms with E-state index in [1.165, 1.54) is 0 Å². The Balaban J connectivity index is 2.43. The average Bonchev–Trinajstić information content (AvgIpc) is 2.51. The van der Waals surface area contributed by atoms with Gasteiger partial charge in [-0.3, -0.25) is 9.35 Å². The number of hydrogen-bond acceptors (Lipinski definition) is 3. The van der Waals surface area contributed by atoms with Crippen molar-refractivity contribution in [2.45, 2.75) is 46.0 Å². The Hall–Kier alpha value is -0.420. The maximum Gasteiger partial charge on any atom is 0.265 e. The molecule has 0 heterocycles. The lowest BCUT2D eigenvalue weighted by Gasteiger charge is -2.38. The first kappa shape index (κ1) is 13.0. The molecule has 0 aliphatic heterocycles. The largest absolute Gasteiger partial charge is 0.299 e. The smallest absolute Gasteiger partial charge is 0.265 e. The van der Waals surface area contributed by atoms with Gasteiger partial charge in [-0.25, -0.2) is 0 Å². The van der Waals surface area contributed by atoms with Crippen LogP contribution in [-0.2, 0) is 14.9 Å². The number of carbonyl (C=O) groups excluding carboxylic acids is 1. The summed E-state index contributed by atoms with van der Waals surface area (Å²) in [6.07, 6.45) is 3.82. The first-order valence-electron chi connectivity index (χ1n) is 6.24. The van der Waals surface area contributed by atoms with Crippen LogP contribution in [0.15, 0.2) is 0 Å². The Kier molecular flexibility index (Phi) is 2.90. The van der Waals surface area contributed by atoms with E-state index in [2.05, 4.69) is 6.92 Å². The van der Waals surface area contributed by atoms with Crippen LogP contribution in [0.1, 0.15) is 46.0 Å². The number of hydrogen-bond donors (Lipinski definition) is 1. The minimum absolute atomic E-state index is 0.0438. The lowest BCUT2D eigenvalue weighted by atomic mass is 9.66. The second-order valence-electron chi connectivity index (χ2n) is 5.84. The van der Waals surface area contributed by atoms with Gasteiger partial charge in [-0.15, -0.1) is 0 Å². The highest BCUT2D eigenvalue weighted by molar-refractivity contribution is 7.85. The fraction of sp³-hybridized carbons (Fsp3) is 0.917. The Morgan fingerprint density at radius 2 is 2.12 bits per heavy atom. The predicted octanol–water partition coefficient (Wildman–Crippen LogP) is 2.05. The first-order chi connectivity index (χ1) is 7.75. The third kappa shape index (κ3) is 1.74. The third-order valence-electron chi connectivity index (χ3n) is 5.08. The van der Waals surface area contributed by atoms with Gasteiger partial charge in [-0.05, 0) is 30.6 Å². The molecule has 0 aromatic heterocycles. The van der Waals surface area contributed by atoms with Crippen LogP contribution in [0.3, 0.4) is 0 Å². The summed E-state index contributed by atoms with van der Waals surface area (Å²) in [5.74, 6) is -0.0368. The topological polar surface area (TPSA) is 71.4 Å². The van der Waals surface area contributed by atoms with Crippen LogP contribution < -0.4 is 0 Å². The molecule has 2 saturated carbocycles. The fourth-order valence-electron chi connectivity index (χ4n) is 4.21. The highest BCUT2D eigenvalue weighted by Gasteiger charge is 2.66. The van der Waals surface area contributed by atoms with Gasteiger partial charge < -0.3 is 0 Å². The van der Waals surface area contributed by atoms with Crippen molar-refractivity contribution in [1.29, 1.82) is 0 Å². The lowest BCUT2D eigenvalue weighted by Crippen LogP contribution is -2.43. The lowest BCUT2D eigenvalue weighted by molar-refractivity contribution is -0.128. The molecule has 98 valence electrons. The van der Waals surface area contributed by atoms with E-state index in [0.717, 1.165) is 19.3 Å². The Labute approximate surface area is 103 Å². The SMILES string of the molecule is CCCC1(C)C2CCC1(CS(=O)(=O)O)C(=O)C2. The van der Waals surface area contributed by atoms with Gasteiger partial charge in [0.05, 0.1) is 11.2 Å². The van der Waals surface area contributed by atoms with Crippen molar-refractivity contribution in [1.82, 2.24) is 0 Å². The number of rotatable bonds is 4. The second-order valence-corrected chi connectivity index (χ2v) is 7.29. The summed E-state index contributed by atoms with van der Waals surface area (Å²) in [6.45, 7) is 4.08. The van der Waals surface area contributed by atoms with Crippen molar-refractivity contribution in [3.05, 3.63) is 0 Å². The molecule has 0 aromatic rings. The van der Waals surface area contributed by atoms with Crippen molar-refractivity contribution in [3.63, 3.8) is 0 Å². The van der Waals surface area contributed by atoms with Crippen LogP contribution in [0, 0.1) is 16.7 Å². The van der Waals surface area contributed by atoms with Gasteiger partial charge in [0.2, 0.25) is 0 Å². The minimum Gasteiger partial charge on any atom is -0.299 e. The van der Waals surface area contributed by atoms with Crippen LogP contribution in [0.25, 0.3) is 0 Å². The highest BCUT2D eigenvalue weighted by atomic mass is 32.2. The molecule has 2 bridgehead atoms. The van der Waals surface area contributed by atoms with Gasteiger partial charge in [-0.1, -0.05) is 20.3 Å². The van der Waals surface area contributed by atoms with E-state index in [-0.39, 0.29) is 17.0 Å². The Morgan fingerprint density at radius 3 is 2.59 bits per heavy atom. The van der Waals surface area contributed by atoms with Crippen molar-refractivity contribution < 1.29 is 17.8 Å². The summed E-state index contributed by atoms with van der Waals surface area (Å²) in [6, 6.07) is 0. The van der Waals surface area contributed by atoms with Crippen LogP contribution in [0.2, 0.25) is 0 Å². The molecular formula is C12H20O4S. The summed E-state index contributed by atoms with van der Waals surface area (Å²) in [4.78, 5) is 12.2. The highest BCUT2D eigenvalue weighted by Crippen LogP contribution is 2.66. The van der Waals surface area contributed by atoms with E-state index in [0.29, 0.717) is 18.8 Å². The van der Waals surface area contributed by atoms with Crippen LogP contribution in [0.5, 0.6) is 0 Å². The molecule has 2 aliphatic carbocycles. The summed E-state index contributed by atoms with van der Waals surface area (Å²) >= 11 is 0. The molecular weight excluding hydrogens is 240 g/mol. The second kappa shape index (κ2) is 3.79. The number of Topliss-reactive ketones (excluding diaryl/α,β-unsaturated/α-hetero) is 1. The molecule has 1 N–H and O–H groups in total. The van der Waals surface area contributed by atoms with Gasteiger partial charge in [-0.2, -0.15) is 8.42 Å². The summed E-state index contributed by atoms with van der Waals surface area (Å²) in [5, 5.41) is 0. The van der Waals surface area contributed by atoms with Gasteiger partial charge in [0.15, 0.2) is 0 Å². The number of ketones is 1. The first-order valence-corrected chi connectivity index (χ1v) is 7.84.